The van der Waals surface area contributed by atoms with Gasteiger partial charge in [0.1, 0.15) is 6.26 Å². The highest BCUT2D eigenvalue weighted by Gasteiger charge is 1.83. The van der Waals surface area contributed by atoms with Crippen molar-refractivity contribution in [1.29, 1.82) is 5.26 Å². The maximum Gasteiger partial charge on any atom is 0.124 e. The van der Waals surface area contributed by atoms with Gasteiger partial charge in [0.2, 0.25) is 0 Å². The lowest BCUT2D eigenvalue weighted by Crippen LogP contribution is -1.69. The molecule has 5 nitrogen and oxygen atoms in total. The minimum Gasteiger partial charge on any atom is -0.346 e. The van der Waals surface area contributed by atoms with E-state index in [0.29, 0.717) is 5.57 Å². The van der Waals surface area contributed by atoms with Crippen LogP contribution in [0.15, 0.2) is 100 Å². The third-order valence-electron chi connectivity index (χ3n) is 2.00. The molecule has 0 aliphatic carbocycles. The van der Waals surface area contributed by atoms with E-state index in [4.69, 9.17) is 10.1 Å². The van der Waals surface area contributed by atoms with Crippen molar-refractivity contribution in [2.24, 2.45) is 15.6 Å². The normalized spacial score (nSPS) is 30.3. The largest absolute Gasteiger partial charge is 0.346 e. The molecule has 1 aliphatic heterocycles. The van der Waals surface area contributed by atoms with Crippen LogP contribution in [0.25, 0.3) is 0 Å². The summed E-state index contributed by atoms with van der Waals surface area (Å²) < 4.78 is 0. The molecule has 21 heavy (non-hydrogen) atoms. The second kappa shape index (κ2) is 11.8. The van der Waals surface area contributed by atoms with Crippen LogP contribution >= 0.6 is 0 Å². The van der Waals surface area contributed by atoms with Gasteiger partial charge in [0.05, 0.1) is 23.1 Å². The highest BCUT2D eigenvalue weighted by molar-refractivity contribution is 5.71. The van der Waals surface area contributed by atoms with Crippen molar-refractivity contribution in [3.63, 3.8) is 0 Å². The Morgan fingerprint density at radius 2 is 1.57 bits per heavy atom. The van der Waals surface area contributed by atoms with Gasteiger partial charge in [-0.25, -0.2) is 0 Å². The summed E-state index contributed by atoms with van der Waals surface area (Å²) in [6.45, 7) is 0. The molecule has 1 heterocycles. The van der Waals surface area contributed by atoms with Crippen molar-refractivity contribution in [2.45, 2.75) is 0 Å². The first-order chi connectivity index (χ1) is 10.4. The number of rotatable bonds is 0. The van der Waals surface area contributed by atoms with Crippen molar-refractivity contribution < 1.29 is 4.84 Å². The van der Waals surface area contributed by atoms with E-state index in [1.807, 2.05) is 30.4 Å². The topological polar surface area (TPSA) is 70.1 Å². The monoisotopic (exact) mass is 278 g/mol. The molecule has 0 spiro atoms. The summed E-state index contributed by atoms with van der Waals surface area (Å²) in [6.07, 6.45) is 24.0. The average Bonchev–Trinajstić information content (AvgIpc) is 2.51. The highest BCUT2D eigenvalue weighted by Crippen LogP contribution is 1.96. The Labute approximate surface area is 123 Å². The molecule has 0 amide bonds. The van der Waals surface area contributed by atoms with Gasteiger partial charge in [-0.1, -0.05) is 48.6 Å². The summed E-state index contributed by atoms with van der Waals surface area (Å²) in [5, 5.41) is 19.3. The molecule has 0 unspecified atom stereocenters. The van der Waals surface area contributed by atoms with E-state index < -0.39 is 0 Å². The molecule has 0 N–H and O–H groups in total. The molecular formula is C16H14N4O. The lowest BCUT2D eigenvalue weighted by Gasteiger charge is -1.82. The standard InChI is InChI=1S/C16H14N4O/c17-15-16-11-7-5-3-1-2-4-6-10-14-21-20-19-18-13-9-8-12-16/h1-14H/b2-1-,5-3-,6-4-,9-8-,11-7-,14-10-,16-12+,18-13-,20-19-. The lowest BCUT2D eigenvalue weighted by molar-refractivity contribution is 0.237. The second-order valence-electron chi connectivity index (χ2n) is 3.50. The lowest BCUT2D eigenvalue weighted by atomic mass is 10.2. The van der Waals surface area contributed by atoms with Crippen molar-refractivity contribution in [1.82, 2.24) is 0 Å². The fraction of sp³-hybridized carbons (Fsp3) is 0. The number of nitriles is 1. The number of allylic oxidation sites excluding steroid dienone is 13. The Kier molecular flexibility index (Phi) is 8.88. The van der Waals surface area contributed by atoms with E-state index in [1.54, 1.807) is 42.5 Å². The van der Waals surface area contributed by atoms with Gasteiger partial charge in [-0.15, -0.1) is 5.10 Å². The minimum atomic E-state index is 0.528. The van der Waals surface area contributed by atoms with Gasteiger partial charge in [-0.05, 0) is 29.5 Å². The van der Waals surface area contributed by atoms with Gasteiger partial charge in [0.15, 0.2) is 0 Å². The van der Waals surface area contributed by atoms with Crippen LogP contribution in [0.1, 0.15) is 0 Å². The summed E-state index contributed by atoms with van der Waals surface area (Å²) >= 11 is 0. The van der Waals surface area contributed by atoms with Crippen LogP contribution in [0, 0.1) is 11.3 Å². The van der Waals surface area contributed by atoms with Crippen LogP contribution in [0.3, 0.4) is 0 Å². The van der Waals surface area contributed by atoms with Crippen LogP contribution in [-0.4, -0.2) is 6.21 Å². The van der Waals surface area contributed by atoms with Gasteiger partial charge in [0, 0.05) is 0 Å². The average molecular weight is 278 g/mol. The Hall–Kier alpha value is -3.26. The Morgan fingerprint density at radius 3 is 2.33 bits per heavy atom. The van der Waals surface area contributed by atoms with Gasteiger partial charge in [-0.3, -0.25) is 0 Å². The smallest absolute Gasteiger partial charge is 0.124 e. The molecule has 0 fully saturated rings. The number of hydrogen-bond donors (Lipinski definition) is 0. The maximum absolute atomic E-state index is 8.94. The highest BCUT2D eigenvalue weighted by atomic mass is 16.6. The van der Waals surface area contributed by atoms with E-state index in [-0.39, 0.29) is 0 Å². The molecule has 5 heteroatoms. The summed E-state index contributed by atoms with van der Waals surface area (Å²) in [5.41, 5.74) is 0.528. The van der Waals surface area contributed by atoms with Gasteiger partial charge in [0.25, 0.3) is 0 Å². The van der Waals surface area contributed by atoms with Crippen LogP contribution < -0.4 is 0 Å². The van der Waals surface area contributed by atoms with Gasteiger partial charge in [-0.2, -0.15) is 5.26 Å². The first-order valence-electron chi connectivity index (χ1n) is 6.13. The predicted octanol–water partition coefficient (Wildman–Crippen LogP) is 4.11. The van der Waals surface area contributed by atoms with Crippen molar-refractivity contribution in [3.05, 3.63) is 84.7 Å². The molecule has 104 valence electrons. The summed E-state index contributed by atoms with van der Waals surface area (Å²) in [5.74, 6) is 0. The Balaban J connectivity index is 2.81. The van der Waals surface area contributed by atoms with E-state index in [0.717, 1.165) is 0 Å². The maximum atomic E-state index is 8.94. The Bertz CT molecular complexity index is 609. The summed E-state index contributed by atoms with van der Waals surface area (Å²) in [6, 6.07) is 2.08. The van der Waals surface area contributed by atoms with Crippen LogP contribution in [-0.2, 0) is 4.84 Å². The van der Waals surface area contributed by atoms with E-state index >= 15 is 0 Å². The molecule has 0 saturated carbocycles. The van der Waals surface area contributed by atoms with Gasteiger partial charge >= 0.3 is 0 Å². The quantitative estimate of drug-likeness (QED) is 0.668. The van der Waals surface area contributed by atoms with E-state index in [1.165, 1.54) is 12.5 Å². The van der Waals surface area contributed by atoms with E-state index in [2.05, 4.69) is 21.7 Å². The van der Waals surface area contributed by atoms with Crippen LogP contribution in [0.2, 0.25) is 0 Å². The molecule has 0 bridgehead atoms. The molecule has 0 aromatic carbocycles. The third kappa shape index (κ3) is 9.33. The molecule has 0 atom stereocenters. The zero-order valence-electron chi connectivity index (χ0n) is 11.3. The molecule has 0 aromatic heterocycles. The molecule has 1 rings (SSSR count). The van der Waals surface area contributed by atoms with Crippen LogP contribution in [0.4, 0.5) is 0 Å². The summed E-state index contributed by atoms with van der Waals surface area (Å²) in [7, 11) is 0. The van der Waals surface area contributed by atoms with E-state index in [9.17, 15) is 0 Å². The second-order valence-corrected chi connectivity index (χ2v) is 3.50. The first-order valence-corrected chi connectivity index (χ1v) is 6.13. The molecule has 0 aromatic rings. The number of nitrogens with zero attached hydrogens (tertiary/aromatic N) is 4. The third-order valence-corrected chi connectivity index (χ3v) is 2.00. The van der Waals surface area contributed by atoms with Crippen molar-refractivity contribution >= 4 is 6.21 Å². The zero-order chi connectivity index (χ0) is 15.0. The predicted molar refractivity (Wildman–Crippen MR) is 83.0 cm³/mol. The molecule has 1 aliphatic rings. The van der Waals surface area contributed by atoms with Crippen LogP contribution in [0.5, 0.6) is 0 Å². The Morgan fingerprint density at radius 1 is 0.857 bits per heavy atom. The summed E-state index contributed by atoms with van der Waals surface area (Å²) in [4.78, 5) is 4.72. The molecule has 0 radical (unpaired) electrons. The van der Waals surface area contributed by atoms with Gasteiger partial charge < -0.3 is 4.84 Å². The molecule has 0 saturated heterocycles. The van der Waals surface area contributed by atoms with Crippen molar-refractivity contribution in [2.75, 3.05) is 0 Å². The number of hydrogen-bond acceptors (Lipinski definition) is 5. The zero-order valence-corrected chi connectivity index (χ0v) is 11.3. The fourth-order valence-electron chi connectivity index (χ4n) is 1.10. The minimum absolute atomic E-state index is 0.528. The van der Waals surface area contributed by atoms with Crippen molar-refractivity contribution in [3.8, 4) is 6.07 Å². The molecular weight excluding hydrogens is 264 g/mol. The fourth-order valence-corrected chi connectivity index (χ4v) is 1.10. The SMILES string of the molecule is N#CC1=C/C=C\C=N/N=N\O/C=C\C=C/C=C\C=C/C=C\1. The first kappa shape index (κ1) is 15.8.